The topological polar surface area (TPSA) is 81.1 Å². The van der Waals surface area contributed by atoms with Crippen LogP contribution in [0.25, 0.3) is 0 Å². The molecule has 1 rings (SSSR count). The number of hydrogen-bond acceptors (Lipinski definition) is 3. The lowest BCUT2D eigenvalue weighted by Crippen LogP contribution is -2.16. The van der Waals surface area contributed by atoms with E-state index in [2.05, 4.69) is 5.32 Å². The number of anilines is 2. The zero-order valence-electron chi connectivity index (χ0n) is 8.51. The first-order valence-electron chi connectivity index (χ1n) is 4.58. The minimum absolute atomic E-state index is 0.218. The highest BCUT2D eigenvalue weighted by atomic mass is 19.1. The van der Waals surface area contributed by atoms with Crippen LogP contribution < -0.4 is 16.8 Å². The van der Waals surface area contributed by atoms with Crippen LogP contribution in [0, 0.1) is 12.7 Å². The summed E-state index contributed by atoms with van der Waals surface area (Å²) in [5.41, 5.74) is 12.0. The summed E-state index contributed by atoms with van der Waals surface area (Å²) in [5, 5.41) is 2.92. The molecule has 15 heavy (non-hydrogen) atoms. The number of nitrogen functional groups attached to an aromatic ring is 1. The van der Waals surface area contributed by atoms with Gasteiger partial charge in [-0.05, 0) is 24.6 Å². The fraction of sp³-hybridized carbons (Fsp3) is 0.300. The fourth-order valence-corrected chi connectivity index (χ4v) is 1.17. The molecule has 4 nitrogen and oxygen atoms in total. The predicted octanol–water partition coefficient (Wildman–Crippen LogP) is 1.00. The van der Waals surface area contributed by atoms with E-state index >= 15 is 0 Å². The highest BCUT2D eigenvalue weighted by Gasteiger charge is 2.04. The molecule has 1 aromatic rings. The molecular weight excluding hydrogens is 197 g/mol. The maximum Gasteiger partial charge on any atom is 0.219 e. The number of nitrogens with one attached hydrogen (secondary N) is 1. The number of rotatable bonds is 4. The molecule has 0 saturated carbocycles. The van der Waals surface area contributed by atoms with E-state index in [0.29, 0.717) is 23.5 Å². The van der Waals surface area contributed by atoms with Crippen LogP contribution in [-0.4, -0.2) is 12.5 Å². The Morgan fingerprint density at radius 3 is 2.80 bits per heavy atom. The Bertz CT molecular complexity index is 379. The minimum Gasteiger partial charge on any atom is -0.397 e. The largest absolute Gasteiger partial charge is 0.397 e. The molecule has 0 aliphatic rings. The van der Waals surface area contributed by atoms with Gasteiger partial charge in [-0.3, -0.25) is 4.79 Å². The third-order valence-corrected chi connectivity index (χ3v) is 2.02. The summed E-state index contributed by atoms with van der Waals surface area (Å²) in [5.74, 6) is -0.729. The molecule has 82 valence electrons. The maximum atomic E-state index is 13.0. The molecule has 0 aromatic heterocycles. The smallest absolute Gasteiger partial charge is 0.219 e. The van der Waals surface area contributed by atoms with Gasteiger partial charge < -0.3 is 16.8 Å². The van der Waals surface area contributed by atoms with E-state index in [0.717, 1.165) is 0 Å². The standard InChI is InChI=1S/C10H14FN3O/c1-6-4-9(8(12)5-7(6)11)14-3-2-10(13)15/h4-5,14H,2-3,12H2,1H3,(H2,13,15). The highest BCUT2D eigenvalue weighted by Crippen LogP contribution is 2.22. The number of aryl methyl sites for hydroxylation is 1. The first-order chi connectivity index (χ1) is 7.00. The lowest BCUT2D eigenvalue weighted by atomic mass is 10.2. The summed E-state index contributed by atoms with van der Waals surface area (Å²) < 4.78 is 13.0. The van der Waals surface area contributed by atoms with Gasteiger partial charge in [-0.1, -0.05) is 0 Å². The Morgan fingerprint density at radius 1 is 1.53 bits per heavy atom. The van der Waals surface area contributed by atoms with E-state index < -0.39 is 0 Å². The van der Waals surface area contributed by atoms with Crippen molar-refractivity contribution in [2.75, 3.05) is 17.6 Å². The molecule has 0 spiro atoms. The van der Waals surface area contributed by atoms with Crippen molar-refractivity contribution in [1.82, 2.24) is 0 Å². The SMILES string of the molecule is Cc1cc(NCCC(N)=O)c(N)cc1F. The van der Waals surface area contributed by atoms with E-state index in [1.165, 1.54) is 6.07 Å². The third kappa shape index (κ3) is 3.12. The second-order valence-corrected chi connectivity index (χ2v) is 3.33. The molecule has 0 aliphatic heterocycles. The van der Waals surface area contributed by atoms with E-state index in [1.807, 2.05) is 0 Å². The molecule has 0 saturated heterocycles. The predicted molar refractivity (Wildman–Crippen MR) is 57.9 cm³/mol. The number of halogens is 1. The summed E-state index contributed by atoms with van der Waals surface area (Å²) in [6.07, 6.45) is 0.218. The number of benzene rings is 1. The van der Waals surface area contributed by atoms with Crippen LogP contribution in [0.15, 0.2) is 12.1 Å². The molecule has 1 aromatic carbocycles. The number of carbonyl (C=O) groups is 1. The van der Waals surface area contributed by atoms with Crippen LogP contribution in [0.2, 0.25) is 0 Å². The Balaban J connectivity index is 2.69. The van der Waals surface area contributed by atoms with Gasteiger partial charge in [0, 0.05) is 13.0 Å². The van der Waals surface area contributed by atoms with E-state index in [1.54, 1.807) is 13.0 Å². The van der Waals surface area contributed by atoms with Crippen molar-refractivity contribution in [1.29, 1.82) is 0 Å². The average molecular weight is 211 g/mol. The third-order valence-electron chi connectivity index (χ3n) is 2.02. The second kappa shape index (κ2) is 4.63. The van der Waals surface area contributed by atoms with Crippen LogP contribution in [-0.2, 0) is 4.79 Å². The van der Waals surface area contributed by atoms with Crippen LogP contribution in [0.4, 0.5) is 15.8 Å². The Morgan fingerprint density at radius 2 is 2.20 bits per heavy atom. The van der Waals surface area contributed by atoms with Gasteiger partial charge in [0.15, 0.2) is 0 Å². The highest BCUT2D eigenvalue weighted by molar-refractivity contribution is 5.75. The van der Waals surface area contributed by atoms with E-state index in [9.17, 15) is 9.18 Å². The van der Waals surface area contributed by atoms with Crippen molar-refractivity contribution in [2.45, 2.75) is 13.3 Å². The molecule has 0 bridgehead atoms. The average Bonchev–Trinajstić information content (AvgIpc) is 2.13. The number of carbonyl (C=O) groups excluding carboxylic acids is 1. The molecule has 5 N–H and O–H groups in total. The molecule has 0 aliphatic carbocycles. The molecule has 0 atom stereocenters. The molecule has 1 amide bonds. The Hall–Kier alpha value is -1.78. The monoisotopic (exact) mass is 211 g/mol. The first kappa shape index (κ1) is 11.3. The lowest BCUT2D eigenvalue weighted by molar-refractivity contribution is -0.117. The van der Waals surface area contributed by atoms with Crippen LogP contribution in [0.3, 0.4) is 0 Å². The first-order valence-corrected chi connectivity index (χ1v) is 4.58. The quantitative estimate of drug-likeness (QED) is 0.650. The van der Waals surface area contributed by atoms with Gasteiger partial charge in [0.25, 0.3) is 0 Å². The van der Waals surface area contributed by atoms with Crippen molar-refractivity contribution in [3.63, 3.8) is 0 Å². The molecular formula is C10H14FN3O. The van der Waals surface area contributed by atoms with Crippen molar-refractivity contribution < 1.29 is 9.18 Å². The number of amides is 1. The zero-order valence-corrected chi connectivity index (χ0v) is 8.51. The van der Waals surface area contributed by atoms with E-state index in [4.69, 9.17) is 11.5 Å². The fourth-order valence-electron chi connectivity index (χ4n) is 1.17. The van der Waals surface area contributed by atoms with Gasteiger partial charge in [0.1, 0.15) is 5.82 Å². The Kier molecular flexibility index (Phi) is 3.49. The maximum absolute atomic E-state index is 13.0. The van der Waals surface area contributed by atoms with Gasteiger partial charge in [-0.2, -0.15) is 0 Å². The normalized spacial score (nSPS) is 10.0. The summed E-state index contributed by atoms with van der Waals surface area (Å²) in [7, 11) is 0. The number of nitrogens with two attached hydrogens (primary N) is 2. The van der Waals surface area contributed by atoms with Gasteiger partial charge in [-0.25, -0.2) is 4.39 Å². The summed E-state index contributed by atoms with van der Waals surface area (Å²) in [6, 6.07) is 2.85. The van der Waals surface area contributed by atoms with Gasteiger partial charge in [0.2, 0.25) is 5.91 Å². The molecule has 0 fully saturated rings. The van der Waals surface area contributed by atoms with Crippen molar-refractivity contribution >= 4 is 17.3 Å². The molecule has 0 radical (unpaired) electrons. The number of primary amides is 1. The van der Waals surface area contributed by atoms with Crippen LogP contribution in [0.1, 0.15) is 12.0 Å². The summed E-state index contributed by atoms with van der Waals surface area (Å²) in [4.78, 5) is 10.5. The van der Waals surface area contributed by atoms with Crippen molar-refractivity contribution in [3.05, 3.63) is 23.5 Å². The van der Waals surface area contributed by atoms with Gasteiger partial charge in [-0.15, -0.1) is 0 Å². The van der Waals surface area contributed by atoms with Gasteiger partial charge in [0.05, 0.1) is 11.4 Å². The molecule has 0 heterocycles. The zero-order chi connectivity index (χ0) is 11.4. The molecule has 5 heteroatoms. The summed E-state index contributed by atoms with van der Waals surface area (Å²) >= 11 is 0. The van der Waals surface area contributed by atoms with Crippen molar-refractivity contribution in [2.24, 2.45) is 5.73 Å². The second-order valence-electron chi connectivity index (χ2n) is 3.33. The van der Waals surface area contributed by atoms with Crippen molar-refractivity contribution in [3.8, 4) is 0 Å². The van der Waals surface area contributed by atoms with E-state index in [-0.39, 0.29) is 18.1 Å². The molecule has 0 unspecified atom stereocenters. The van der Waals surface area contributed by atoms with Crippen LogP contribution in [0.5, 0.6) is 0 Å². The lowest BCUT2D eigenvalue weighted by Gasteiger charge is -2.09. The number of hydrogen-bond donors (Lipinski definition) is 3. The summed E-state index contributed by atoms with van der Waals surface area (Å²) in [6.45, 7) is 2.04. The Labute approximate surface area is 87.4 Å². The minimum atomic E-state index is -0.389. The van der Waals surface area contributed by atoms with Gasteiger partial charge >= 0.3 is 0 Å². The van der Waals surface area contributed by atoms with Crippen LogP contribution >= 0.6 is 0 Å².